The summed E-state index contributed by atoms with van der Waals surface area (Å²) in [4.78, 5) is 14.6. The van der Waals surface area contributed by atoms with Crippen LogP contribution in [0.25, 0.3) is 10.9 Å². The third kappa shape index (κ3) is 3.33. The van der Waals surface area contributed by atoms with Crippen LogP contribution in [-0.4, -0.2) is 22.5 Å². The number of aromatic nitrogens is 1. The van der Waals surface area contributed by atoms with Crippen molar-refractivity contribution in [2.24, 2.45) is 0 Å². The maximum atomic E-state index is 14.3. The van der Waals surface area contributed by atoms with E-state index in [2.05, 4.69) is 17.2 Å². The Labute approximate surface area is 122 Å². The molecule has 0 amide bonds. The smallest absolute Gasteiger partial charge is 0.281 e. The average molecular weight is 291 g/mol. The highest BCUT2D eigenvalue weighted by Crippen LogP contribution is 2.29. The monoisotopic (exact) mass is 291 g/mol. The van der Waals surface area contributed by atoms with E-state index in [4.69, 9.17) is 0 Å². The Bertz CT molecular complexity index is 661. The summed E-state index contributed by atoms with van der Waals surface area (Å²) < 4.78 is 14.3. The predicted octanol–water partition coefficient (Wildman–Crippen LogP) is 3.21. The first-order valence-electron chi connectivity index (χ1n) is 6.98. The van der Waals surface area contributed by atoms with Crippen LogP contribution in [0.1, 0.15) is 25.8 Å². The zero-order chi connectivity index (χ0) is 15.4. The molecule has 1 aromatic heterocycles. The Balaban J connectivity index is 2.47. The molecule has 0 fully saturated rings. The van der Waals surface area contributed by atoms with Gasteiger partial charge in [0.1, 0.15) is 5.82 Å². The van der Waals surface area contributed by atoms with Crippen LogP contribution in [0.5, 0.6) is 0 Å². The lowest BCUT2D eigenvalue weighted by molar-refractivity contribution is -0.383. The third-order valence-corrected chi connectivity index (χ3v) is 3.37. The molecule has 1 heterocycles. The number of pyridine rings is 1. The van der Waals surface area contributed by atoms with Crippen molar-refractivity contribution < 1.29 is 9.31 Å². The van der Waals surface area contributed by atoms with Crippen LogP contribution >= 0.6 is 0 Å². The van der Waals surface area contributed by atoms with Crippen LogP contribution in [0.15, 0.2) is 24.4 Å². The van der Waals surface area contributed by atoms with Gasteiger partial charge in [-0.2, -0.15) is 0 Å². The van der Waals surface area contributed by atoms with Crippen LogP contribution in [0, 0.1) is 15.9 Å². The van der Waals surface area contributed by atoms with Crippen molar-refractivity contribution in [2.75, 3.05) is 6.54 Å². The van der Waals surface area contributed by atoms with Gasteiger partial charge in [0.15, 0.2) is 0 Å². The summed E-state index contributed by atoms with van der Waals surface area (Å²) in [6.07, 6.45) is 2.96. The molecule has 1 aromatic carbocycles. The molecule has 0 radical (unpaired) electrons. The van der Waals surface area contributed by atoms with Gasteiger partial charge in [-0.15, -0.1) is 0 Å². The van der Waals surface area contributed by atoms with Crippen molar-refractivity contribution in [2.45, 2.75) is 32.7 Å². The van der Waals surface area contributed by atoms with Crippen LogP contribution < -0.4 is 5.32 Å². The van der Waals surface area contributed by atoms with E-state index in [1.54, 1.807) is 12.1 Å². The second kappa shape index (κ2) is 6.58. The van der Waals surface area contributed by atoms with Crippen molar-refractivity contribution in [1.29, 1.82) is 0 Å². The number of rotatable bonds is 6. The summed E-state index contributed by atoms with van der Waals surface area (Å²) in [6, 6.07) is 4.29. The van der Waals surface area contributed by atoms with Gasteiger partial charge in [-0.1, -0.05) is 6.92 Å². The van der Waals surface area contributed by atoms with Crippen molar-refractivity contribution in [3.8, 4) is 0 Å². The van der Waals surface area contributed by atoms with Crippen molar-refractivity contribution in [1.82, 2.24) is 10.3 Å². The zero-order valence-electron chi connectivity index (χ0n) is 12.1. The number of nitrogens with one attached hydrogen (secondary N) is 1. The summed E-state index contributed by atoms with van der Waals surface area (Å²) in [5, 5.41) is 14.7. The van der Waals surface area contributed by atoms with E-state index < -0.39 is 10.7 Å². The third-order valence-electron chi connectivity index (χ3n) is 3.37. The molecule has 21 heavy (non-hydrogen) atoms. The summed E-state index contributed by atoms with van der Waals surface area (Å²) in [6.45, 7) is 4.87. The molecule has 0 aliphatic heterocycles. The number of nitro benzene ring substituents is 1. The molecule has 2 rings (SSSR count). The molecule has 0 saturated heterocycles. The lowest BCUT2D eigenvalue weighted by Gasteiger charge is -2.15. The number of benzene rings is 1. The second-order valence-electron chi connectivity index (χ2n) is 5.07. The van der Waals surface area contributed by atoms with E-state index in [-0.39, 0.29) is 11.7 Å². The number of halogens is 1. The number of nitrogens with zero attached hydrogens (tertiary/aromatic N) is 2. The highest BCUT2D eigenvalue weighted by molar-refractivity contribution is 5.90. The van der Waals surface area contributed by atoms with Gasteiger partial charge < -0.3 is 5.32 Å². The Morgan fingerprint density at radius 3 is 2.95 bits per heavy atom. The van der Waals surface area contributed by atoms with Gasteiger partial charge in [-0.3, -0.25) is 15.1 Å². The minimum absolute atomic E-state index is 0.0751. The van der Waals surface area contributed by atoms with Gasteiger partial charge in [-0.05, 0) is 38.4 Å². The van der Waals surface area contributed by atoms with Gasteiger partial charge in [0, 0.05) is 17.8 Å². The van der Waals surface area contributed by atoms with Gasteiger partial charge in [0.25, 0.3) is 5.69 Å². The van der Waals surface area contributed by atoms with Crippen LogP contribution in [-0.2, 0) is 6.42 Å². The van der Waals surface area contributed by atoms with E-state index in [1.165, 1.54) is 6.20 Å². The Morgan fingerprint density at radius 2 is 2.29 bits per heavy atom. The number of hydrogen-bond acceptors (Lipinski definition) is 4. The molecule has 1 unspecified atom stereocenters. The Kier molecular flexibility index (Phi) is 4.80. The molecule has 0 bridgehead atoms. The summed E-state index contributed by atoms with van der Waals surface area (Å²) >= 11 is 0. The molecule has 0 spiro atoms. The molecular formula is C15H18FN3O2. The molecule has 0 aliphatic carbocycles. The van der Waals surface area contributed by atoms with E-state index in [9.17, 15) is 14.5 Å². The average Bonchev–Trinajstić information content (AvgIpc) is 2.47. The summed E-state index contributed by atoms with van der Waals surface area (Å²) in [7, 11) is 0. The predicted molar refractivity (Wildman–Crippen MR) is 79.8 cm³/mol. The van der Waals surface area contributed by atoms with E-state index in [1.807, 2.05) is 6.92 Å². The Morgan fingerprint density at radius 1 is 1.52 bits per heavy atom. The summed E-state index contributed by atoms with van der Waals surface area (Å²) in [5.41, 5.74) is 0.551. The van der Waals surface area contributed by atoms with Gasteiger partial charge in [0.05, 0.1) is 21.9 Å². The maximum Gasteiger partial charge on any atom is 0.281 e. The first kappa shape index (κ1) is 15.3. The number of hydrogen-bond donors (Lipinski definition) is 1. The Hall–Kier alpha value is -2.08. The van der Waals surface area contributed by atoms with E-state index >= 15 is 0 Å². The standard InChI is InChI=1S/C15H18FN3O2/c1-3-6-17-10(2)8-12-13(16)9-14(19(20)21)11-5-4-7-18-15(11)12/h4-5,7,9-10,17H,3,6,8H2,1-2H3. The maximum absolute atomic E-state index is 14.3. The molecule has 2 aromatic rings. The lowest BCUT2D eigenvalue weighted by Crippen LogP contribution is -2.29. The molecule has 1 atom stereocenters. The van der Waals surface area contributed by atoms with Crippen molar-refractivity contribution in [3.05, 3.63) is 45.9 Å². The number of nitro groups is 1. The summed E-state index contributed by atoms with van der Waals surface area (Å²) in [5.74, 6) is -0.571. The van der Waals surface area contributed by atoms with Crippen LogP contribution in [0.3, 0.4) is 0 Å². The highest BCUT2D eigenvalue weighted by atomic mass is 19.1. The molecular weight excluding hydrogens is 273 g/mol. The topological polar surface area (TPSA) is 68.1 Å². The minimum Gasteiger partial charge on any atom is -0.314 e. The van der Waals surface area contributed by atoms with Crippen LogP contribution in [0.2, 0.25) is 0 Å². The van der Waals surface area contributed by atoms with Gasteiger partial charge >= 0.3 is 0 Å². The SMILES string of the molecule is CCCNC(C)Cc1c(F)cc([N+](=O)[O-])c2cccnc12. The number of fused-ring (bicyclic) bond motifs is 1. The second-order valence-corrected chi connectivity index (χ2v) is 5.07. The first-order chi connectivity index (χ1) is 10.0. The van der Waals surface area contributed by atoms with E-state index in [0.29, 0.717) is 22.9 Å². The molecule has 112 valence electrons. The lowest BCUT2D eigenvalue weighted by atomic mass is 10.0. The highest BCUT2D eigenvalue weighted by Gasteiger charge is 2.20. The van der Waals surface area contributed by atoms with Crippen molar-refractivity contribution in [3.63, 3.8) is 0 Å². The van der Waals surface area contributed by atoms with Gasteiger partial charge in [0.2, 0.25) is 0 Å². The largest absolute Gasteiger partial charge is 0.314 e. The molecule has 0 saturated carbocycles. The molecule has 1 N–H and O–H groups in total. The van der Waals surface area contributed by atoms with Gasteiger partial charge in [-0.25, -0.2) is 4.39 Å². The fourth-order valence-electron chi connectivity index (χ4n) is 2.36. The molecule has 5 nitrogen and oxygen atoms in total. The van der Waals surface area contributed by atoms with E-state index in [0.717, 1.165) is 19.0 Å². The number of non-ortho nitro benzene ring substituents is 1. The molecule has 6 heteroatoms. The fourth-order valence-corrected chi connectivity index (χ4v) is 2.36. The van der Waals surface area contributed by atoms with Crippen molar-refractivity contribution >= 4 is 16.6 Å². The first-order valence-corrected chi connectivity index (χ1v) is 6.98. The minimum atomic E-state index is -0.574. The zero-order valence-corrected chi connectivity index (χ0v) is 12.1. The van der Waals surface area contributed by atoms with Crippen LogP contribution in [0.4, 0.5) is 10.1 Å². The molecule has 0 aliphatic rings. The quantitative estimate of drug-likeness (QED) is 0.655. The fraction of sp³-hybridized carbons (Fsp3) is 0.400. The normalized spacial score (nSPS) is 12.5.